The second-order valence-electron chi connectivity index (χ2n) is 5.83. The summed E-state index contributed by atoms with van der Waals surface area (Å²) in [5.74, 6) is 3.15. The van der Waals surface area contributed by atoms with Gasteiger partial charge < -0.3 is 14.2 Å². The SMILES string of the molecule is Cc1cc(-c2nnc(CSc3nnc(NCc4ccccc4)s3)o2)c(C)o1. The Labute approximate surface area is 164 Å². The minimum absolute atomic E-state index is 0.474. The number of rotatable bonds is 7. The third kappa shape index (κ3) is 4.37. The average Bonchev–Trinajstić information content (AvgIpc) is 3.39. The first kappa shape index (κ1) is 17.7. The number of aromatic nitrogens is 4. The Balaban J connectivity index is 1.33. The molecule has 9 heteroatoms. The van der Waals surface area contributed by atoms with Crippen molar-refractivity contribution in [2.75, 3.05) is 5.32 Å². The number of aryl methyl sites for hydroxylation is 2. The summed E-state index contributed by atoms with van der Waals surface area (Å²) in [4.78, 5) is 0. The van der Waals surface area contributed by atoms with Gasteiger partial charge in [-0.2, -0.15) is 0 Å². The van der Waals surface area contributed by atoms with E-state index in [1.54, 1.807) is 0 Å². The van der Waals surface area contributed by atoms with Gasteiger partial charge in [-0.05, 0) is 25.5 Å². The van der Waals surface area contributed by atoms with Crippen molar-refractivity contribution in [3.8, 4) is 11.5 Å². The summed E-state index contributed by atoms with van der Waals surface area (Å²) in [6.45, 7) is 4.49. The van der Waals surface area contributed by atoms with E-state index in [1.165, 1.54) is 28.7 Å². The largest absolute Gasteiger partial charge is 0.466 e. The molecule has 27 heavy (non-hydrogen) atoms. The van der Waals surface area contributed by atoms with E-state index < -0.39 is 0 Å². The van der Waals surface area contributed by atoms with Crippen LogP contribution in [0.25, 0.3) is 11.5 Å². The first-order chi connectivity index (χ1) is 13.2. The summed E-state index contributed by atoms with van der Waals surface area (Å²) < 4.78 is 12.1. The summed E-state index contributed by atoms with van der Waals surface area (Å²) in [6, 6.07) is 12.1. The highest BCUT2D eigenvalue weighted by Crippen LogP contribution is 2.30. The van der Waals surface area contributed by atoms with Gasteiger partial charge in [0.2, 0.25) is 11.0 Å². The molecular weight excluding hydrogens is 382 g/mol. The van der Waals surface area contributed by atoms with Gasteiger partial charge in [-0.1, -0.05) is 53.4 Å². The minimum atomic E-state index is 0.474. The summed E-state index contributed by atoms with van der Waals surface area (Å²) in [5, 5.41) is 20.6. The number of hydrogen-bond acceptors (Lipinski definition) is 9. The maximum Gasteiger partial charge on any atom is 0.251 e. The highest BCUT2D eigenvalue weighted by molar-refractivity contribution is 8.00. The summed E-state index contributed by atoms with van der Waals surface area (Å²) in [6.07, 6.45) is 0. The van der Waals surface area contributed by atoms with E-state index in [2.05, 4.69) is 37.8 Å². The predicted octanol–water partition coefficient (Wildman–Crippen LogP) is 4.70. The molecule has 0 saturated carbocycles. The third-order valence-electron chi connectivity index (χ3n) is 3.75. The Morgan fingerprint density at radius 2 is 1.89 bits per heavy atom. The van der Waals surface area contributed by atoms with Crippen molar-refractivity contribution in [2.45, 2.75) is 30.5 Å². The van der Waals surface area contributed by atoms with E-state index in [9.17, 15) is 0 Å². The van der Waals surface area contributed by atoms with Crippen LogP contribution in [0.3, 0.4) is 0 Å². The normalized spacial score (nSPS) is 11.0. The number of furan rings is 1. The fourth-order valence-electron chi connectivity index (χ4n) is 2.50. The van der Waals surface area contributed by atoms with Crippen molar-refractivity contribution in [1.82, 2.24) is 20.4 Å². The van der Waals surface area contributed by atoms with Crippen LogP contribution in [0.1, 0.15) is 23.0 Å². The second kappa shape index (κ2) is 7.93. The van der Waals surface area contributed by atoms with Gasteiger partial charge >= 0.3 is 0 Å². The second-order valence-corrected chi connectivity index (χ2v) is 8.03. The van der Waals surface area contributed by atoms with Crippen molar-refractivity contribution < 1.29 is 8.83 Å². The van der Waals surface area contributed by atoms with Crippen LogP contribution in [0.15, 0.2) is 49.6 Å². The van der Waals surface area contributed by atoms with Gasteiger partial charge in [-0.3, -0.25) is 0 Å². The lowest BCUT2D eigenvalue weighted by atomic mass is 10.2. The van der Waals surface area contributed by atoms with Crippen molar-refractivity contribution in [2.24, 2.45) is 0 Å². The lowest BCUT2D eigenvalue weighted by molar-refractivity contribution is 0.499. The van der Waals surface area contributed by atoms with Crippen LogP contribution < -0.4 is 5.32 Å². The average molecular weight is 400 g/mol. The maximum atomic E-state index is 5.74. The summed E-state index contributed by atoms with van der Waals surface area (Å²) in [5.41, 5.74) is 2.03. The highest BCUT2D eigenvalue weighted by Gasteiger charge is 2.15. The van der Waals surface area contributed by atoms with Crippen LogP contribution in [0.4, 0.5) is 5.13 Å². The molecule has 0 aliphatic carbocycles. The number of hydrogen-bond donors (Lipinski definition) is 1. The van der Waals surface area contributed by atoms with Gasteiger partial charge in [-0.15, -0.1) is 20.4 Å². The molecule has 0 bridgehead atoms. The zero-order valence-electron chi connectivity index (χ0n) is 14.8. The number of anilines is 1. The topological polar surface area (TPSA) is 89.9 Å². The molecule has 3 aromatic heterocycles. The lowest BCUT2D eigenvalue weighted by Crippen LogP contribution is -1.98. The van der Waals surface area contributed by atoms with Crippen LogP contribution in [0.2, 0.25) is 0 Å². The fourth-order valence-corrected chi connectivity index (χ4v) is 4.08. The maximum absolute atomic E-state index is 5.74. The van der Waals surface area contributed by atoms with Crippen LogP contribution in [-0.4, -0.2) is 20.4 Å². The van der Waals surface area contributed by atoms with Crippen LogP contribution in [0.5, 0.6) is 0 Å². The minimum Gasteiger partial charge on any atom is -0.466 e. The fraction of sp³-hybridized carbons (Fsp3) is 0.222. The first-order valence-corrected chi connectivity index (χ1v) is 10.1. The molecule has 0 amide bonds. The van der Waals surface area contributed by atoms with E-state index in [1.807, 2.05) is 38.1 Å². The summed E-state index contributed by atoms with van der Waals surface area (Å²) in [7, 11) is 0. The predicted molar refractivity (Wildman–Crippen MR) is 105 cm³/mol. The van der Waals surface area contributed by atoms with Gasteiger partial charge in [0.1, 0.15) is 11.5 Å². The van der Waals surface area contributed by atoms with Gasteiger partial charge in [0.15, 0.2) is 4.34 Å². The number of nitrogens with one attached hydrogen (secondary N) is 1. The van der Waals surface area contributed by atoms with Gasteiger partial charge in [0.05, 0.1) is 11.3 Å². The van der Waals surface area contributed by atoms with Gasteiger partial charge in [-0.25, -0.2) is 0 Å². The van der Waals surface area contributed by atoms with Crippen LogP contribution >= 0.6 is 23.1 Å². The van der Waals surface area contributed by atoms with E-state index >= 15 is 0 Å². The van der Waals surface area contributed by atoms with E-state index in [-0.39, 0.29) is 0 Å². The lowest BCUT2D eigenvalue weighted by Gasteiger charge is -2.00. The Kier molecular flexibility index (Phi) is 5.21. The molecule has 0 aliphatic rings. The zero-order chi connectivity index (χ0) is 18.6. The summed E-state index contributed by atoms with van der Waals surface area (Å²) >= 11 is 3.02. The molecule has 1 N–H and O–H groups in total. The molecule has 0 radical (unpaired) electrons. The molecule has 4 aromatic rings. The van der Waals surface area contributed by atoms with Gasteiger partial charge in [0, 0.05) is 6.54 Å². The molecular formula is C18H17N5O2S2. The van der Waals surface area contributed by atoms with Crippen molar-refractivity contribution in [3.05, 3.63) is 59.4 Å². The van der Waals surface area contributed by atoms with Crippen LogP contribution in [0, 0.1) is 13.8 Å². The smallest absolute Gasteiger partial charge is 0.251 e. The van der Waals surface area contributed by atoms with Gasteiger partial charge in [0.25, 0.3) is 5.89 Å². The van der Waals surface area contributed by atoms with E-state index in [0.29, 0.717) is 17.5 Å². The molecule has 1 aromatic carbocycles. The number of thioether (sulfide) groups is 1. The zero-order valence-corrected chi connectivity index (χ0v) is 16.4. The molecule has 7 nitrogen and oxygen atoms in total. The Bertz CT molecular complexity index is 1030. The molecule has 4 rings (SSSR count). The Morgan fingerprint density at radius 3 is 2.67 bits per heavy atom. The monoisotopic (exact) mass is 399 g/mol. The van der Waals surface area contributed by atoms with Crippen LogP contribution in [-0.2, 0) is 12.3 Å². The van der Waals surface area contributed by atoms with Crippen molar-refractivity contribution in [3.63, 3.8) is 0 Å². The molecule has 3 heterocycles. The molecule has 0 spiro atoms. The van der Waals surface area contributed by atoms with E-state index in [0.717, 1.165) is 33.1 Å². The van der Waals surface area contributed by atoms with Crippen molar-refractivity contribution in [1.29, 1.82) is 0 Å². The Morgan fingerprint density at radius 1 is 1.04 bits per heavy atom. The molecule has 0 unspecified atom stereocenters. The number of nitrogens with zero attached hydrogens (tertiary/aromatic N) is 4. The first-order valence-electron chi connectivity index (χ1n) is 8.31. The number of benzene rings is 1. The molecule has 138 valence electrons. The Hall–Kier alpha value is -2.65. The molecule has 0 atom stereocenters. The highest BCUT2D eigenvalue weighted by atomic mass is 32.2. The molecule has 0 fully saturated rings. The molecule has 0 saturated heterocycles. The quantitative estimate of drug-likeness (QED) is 0.447. The van der Waals surface area contributed by atoms with E-state index in [4.69, 9.17) is 8.83 Å². The molecule has 0 aliphatic heterocycles. The standard InChI is InChI=1S/C18H17N5O2S2/c1-11-8-14(12(2)24-11)16-21-20-15(25-16)10-26-18-23-22-17(27-18)19-9-13-6-4-3-5-7-13/h3-8H,9-10H2,1-2H3,(H,19,22). The van der Waals surface area contributed by atoms with Crippen molar-refractivity contribution >= 4 is 28.2 Å². The third-order valence-corrected chi connectivity index (χ3v) is 5.75.